The lowest BCUT2D eigenvalue weighted by Crippen LogP contribution is -2.50. The van der Waals surface area contributed by atoms with Crippen molar-refractivity contribution in [3.63, 3.8) is 0 Å². The SMILES string of the molecule is CNC(=O)[C@@H](C)N(Cc1cccc(OC)c1)C(=O)CN(c1ccc(C)cc1)S(=O)(=O)c1ccc(Cl)cc1. The number of rotatable bonds is 10. The molecule has 0 spiro atoms. The van der Waals surface area contributed by atoms with Crippen molar-refractivity contribution in [3.05, 3.63) is 88.9 Å². The Labute approximate surface area is 222 Å². The summed E-state index contributed by atoms with van der Waals surface area (Å²) in [5, 5.41) is 2.95. The highest BCUT2D eigenvalue weighted by molar-refractivity contribution is 7.92. The van der Waals surface area contributed by atoms with Crippen molar-refractivity contribution in [1.29, 1.82) is 0 Å². The molecule has 0 heterocycles. The molecule has 2 amide bonds. The number of nitrogens with one attached hydrogen (secondary N) is 1. The number of likely N-dealkylation sites (N-methyl/N-ethyl adjacent to an activating group) is 1. The van der Waals surface area contributed by atoms with Gasteiger partial charge in [0.15, 0.2) is 0 Å². The molecule has 3 aromatic rings. The number of benzene rings is 3. The third-order valence-corrected chi connectivity index (χ3v) is 7.94. The van der Waals surface area contributed by atoms with Crippen molar-refractivity contribution < 1.29 is 22.7 Å². The van der Waals surface area contributed by atoms with E-state index >= 15 is 0 Å². The van der Waals surface area contributed by atoms with Gasteiger partial charge in [0, 0.05) is 18.6 Å². The zero-order chi connectivity index (χ0) is 27.2. The number of methoxy groups -OCH3 is 1. The van der Waals surface area contributed by atoms with Crippen molar-refractivity contribution in [3.8, 4) is 5.75 Å². The van der Waals surface area contributed by atoms with Crippen molar-refractivity contribution in [2.24, 2.45) is 0 Å². The maximum Gasteiger partial charge on any atom is 0.264 e. The van der Waals surface area contributed by atoms with E-state index < -0.39 is 28.5 Å². The molecule has 0 radical (unpaired) electrons. The van der Waals surface area contributed by atoms with E-state index in [-0.39, 0.29) is 17.3 Å². The molecule has 3 rings (SSSR count). The molecule has 0 aliphatic heterocycles. The molecule has 8 nitrogen and oxygen atoms in total. The average molecular weight is 544 g/mol. The van der Waals surface area contributed by atoms with Crippen LogP contribution in [0.2, 0.25) is 5.02 Å². The van der Waals surface area contributed by atoms with E-state index in [1.165, 1.54) is 43.3 Å². The second kappa shape index (κ2) is 12.1. The molecule has 1 N–H and O–H groups in total. The number of aryl methyl sites for hydroxylation is 1. The number of amides is 2. The number of nitrogens with zero attached hydrogens (tertiary/aromatic N) is 2. The molecule has 37 heavy (non-hydrogen) atoms. The smallest absolute Gasteiger partial charge is 0.264 e. The summed E-state index contributed by atoms with van der Waals surface area (Å²) in [4.78, 5) is 27.6. The van der Waals surface area contributed by atoms with E-state index in [1.807, 2.05) is 13.0 Å². The first-order valence-electron chi connectivity index (χ1n) is 11.6. The molecule has 196 valence electrons. The molecular weight excluding hydrogens is 514 g/mol. The van der Waals surface area contributed by atoms with Crippen LogP contribution in [-0.4, -0.2) is 51.9 Å². The molecule has 0 fully saturated rings. The lowest BCUT2D eigenvalue weighted by molar-refractivity contribution is -0.139. The normalized spacial score (nSPS) is 11.9. The summed E-state index contributed by atoms with van der Waals surface area (Å²) in [5.41, 5.74) is 1.99. The molecule has 0 aromatic heterocycles. The predicted octanol–water partition coefficient (Wildman–Crippen LogP) is 4.02. The van der Waals surface area contributed by atoms with Gasteiger partial charge >= 0.3 is 0 Å². The molecule has 3 aromatic carbocycles. The second-order valence-corrected chi connectivity index (χ2v) is 10.8. The van der Waals surface area contributed by atoms with Crippen molar-refractivity contribution in [1.82, 2.24) is 10.2 Å². The first-order chi connectivity index (χ1) is 17.6. The second-order valence-electron chi connectivity index (χ2n) is 8.46. The van der Waals surface area contributed by atoms with Crippen LogP contribution in [0.1, 0.15) is 18.1 Å². The molecule has 0 aliphatic rings. The van der Waals surface area contributed by atoms with Crippen molar-refractivity contribution >= 4 is 39.1 Å². The molecule has 0 bridgehead atoms. The molecular formula is C27H30ClN3O5S. The maximum atomic E-state index is 13.7. The van der Waals surface area contributed by atoms with Crippen molar-refractivity contribution in [2.75, 3.05) is 25.0 Å². The fourth-order valence-corrected chi connectivity index (χ4v) is 5.27. The number of carbonyl (C=O) groups excluding carboxylic acids is 2. The van der Waals surface area contributed by atoms with Gasteiger partial charge in [-0.3, -0.25) is 13.9 Å². The van der Waals surface area contributed by atoms with Crippen LogP contribution in [0.4, 0.5) is 5.69 Å². The minimum Gasteiger partial charge on any atom is -0.497 e. The number of hydrogen-bond donors (Lipinski definition) is 1. The summed E-state index contributed by atoms with van der Waals surface area (Å²) in [6, 6.07) is 18.8. The summed E-state index contributed by atoms with van der Waals surface area (Å²) in [5.74, 6) is -0.320. The van der Waals surface area contributed by atoms with Crippen LogP contribution in [0.5, 0.6) is 5.75 Å². The van der Waals surface area contributed by atoms with Crippen LogP contribution < -0.4 is 14.4 Å². The van der Waals surface area contributed by atoms with Crippen LogP contribution in [0, 0.1) is 6.92 Å². The highest BCUT2D eigenvalue weighted by Crippen LogP contribution is 2.26. The Bertz CT molecular complexity index is 1350. The average Bonchev–Trinajstić information content (AvgIpc) is 2.90. The summed E-state index contributed by atoms with van der Waals surface area (Å²) in [7, 11) is -1.12. The summed E-state index contributed by atoms with van der Waals surface area (Å²) >= 11 is 5.96. The lowest BCUT2D eigenvalue weighted by atomic mass is 10.1. The number of halogens is 1. The predicted molar refractivity (Wildman–Crippen MR) is 144 cm³/mol. The molecule has 1 atom stereocenters. The van der Waals surface area contributed by atoms with Crippen molar-refractivity contribution in [2.45, 2.75) is 31.3 Å². The minimum atomic E-state index is -4.14. The van der Waals surface area contributed by atoms with Crippen LogP contribution >= 0.6 is 11.6 Å². The number of hydrogen-bond acceptors (Lipinski definition) is 5. The highest BCUT2D eigenvalue weighted by Gasteiger charge is 2.32. The monoisotopic (exact) mass is 543 g/mol. The highest BCUT2D eigenvalue weighted by atomic mass is 35.5. The minimum absolute atomic E-state index is 0.0102. The van der Waals surface area contributed by atoms with Crippen LogP contribution in [0.3, 0.4) is 0 Å². The summed E-state index contributed by atoms with van der Waals surface area (Å²) in [6.45, 7) is 3.04. The third kappa shape index (κ3) is 6.81. The molecule has 0 aliphatic carbocycles. The van der Waals surface area contributed by atoms with E-state index in [1.54, 1.807) is 49.4 Å². The Balaban J connectivity index is 2.02. The van der Waals surface area contributed by atoms with Gasteiger partial charge in [-0.05, 0) is 67.9 Å². The van der Waals surface area contributed by atoms with E-state index in [4.69, 9.17) is 16.3 Å². The van der Waals surface area contributed by atoms with E-state index in [2.05, 4.69) is 5.32 Å². The largest absolute Gasteiger partial charge is 0.497 e. The van der Waals surface area contributed by atoms with Gasteiger partial charge in [-0.25, -0.2) is 8.42 Å². The van der Waals surface area contributed by atoms with Gasteiger partial charge in [0.2, 0.25) is 11.8 Å². The Hall–Kier alpha value is -3.56. The first-order valence-corrected chi connectivity index (χ1v) is 13.4. The van der Waals surface area contributed by atoms with Gasteiger partial charge < -0.3 is 15.0 Å². The number of anilines is 1. The van der Waals surface area contributed by atoms with E-state index in [0.717, 1.165) is 15.4 Å². The van der Waals surface area contributed by atoms with Gasteiger partial charge in [0.05, 0.1) is 17.7 Å². The standard InChI is InChI=1S/C27H30ClN3O5S/c1-19-8-12-23(13-9-19)31(37(34,35)25-14-10-22(28)11-15-25)18-26(32)30(20(2)27(33)29-3)17-21-6-5-7-24(16-21)36-4/h5-16,20H,17-18H2,1-4H3,(H,29,33)/t20-/m1/s1. The third-order valence-electron chi connectivity index (χ3n) is 5.90. The zero-order valence-corrected chi connectivity index (χ0v) is 22.7. The van der Waals surface area contributed by atoms with Gasteiger partial charge in [0.1, 0.15) is 18.3 Å². The molecule has 0 saturated carbocycles. The van der Waals surface area contributed by atoms with Crippen LogP contribution in [0.25, 0.3) is 0 Å². The Kier molecular flexibility index (Phi) is 9.18. The number of sulfonamides is 1. The number of ether oxygens (including phenoxy) is 1. The topological polar surface area (TPSA) is 96.0 Å². The van der Waals surface area contributed by atoms with Gasteiger partial charge in [-0.15, -0.1) is 0 Å². The van der Waals surface area contributed by atoms with Gasteiger partial charge in [-0.1, -0.05) is 41.4 Å². The zero-order valence-electron chi connectivity index (χ0n) is 21.1. The van der Waals surface area contributed by atoms with Crippen LogP contribution in [-0.2, 0) is 26.2 Å². The fraction of sp³-hybridized carbons (Fsp3) is 0.259. The summed E-state index contributed by atoms with van der Waals surface area (Å²) in [6.07, 6.45) is 0. The quantitative estimate of drug-likeness (QED) is 0.417. The molecule has 0 unspecified atom stereocenters. The Morgan fingerprint density at radius 2 is 1.68 bits per heavy atom. The van der Waals surface area contributed by atoms with Crippen LogP contribution in [0.15, 0.2) is 77.7 Å². The Morgan fingerprint density at radius 3 is 2.27 bits per heavy atom. The van der Waals surface area contributed by atoms with E-state index in [0.29, 0.717) is 16.5 Å². The first kappa shape index (κ1) is 28.0. The molecule has 0 saturated heterocycles. The Morgan fingerprint density at radius 1 is 1.03 bits per heavy atom. The van der Waals surface area contributed by atoms with Gasteiger partial charge in [-0.2, -0.15) is 0 Å². The van der Waals surface area contributed by atoms with Gasteiger partial charge in [0.25, 0.3) is 10.0 Å². The number of carbonyl (C=O) groups is 2. The fourth-order valence-electron chi connectivity index (χ4n) is 3.73. The maximum absolute atomic E-state index is 13.7. The summed E-state index contributed by atoms with van der Waals surface area (Å²) < 4.78 is 33.7. The lowest BCUT2D eigenvalue weighted by Gasteiger charge is -2.31. The molecule has 10 heteroatoms. The van der Waals surface area contributed by atoms with E-state index in [9.17, 15) is 18.0 Å².